The van der Waals surface area contributed by atoms with Gasteiger partial charge in [-0.2, -0.15) is 0 Å². The van der Waals surface area contributed by atoms with Crippen LogP contribution in [0.15, 0.2) is 60.9 Å². The molecule has 0 radical (unpaired) electrons. The van der Waals surface area contributed by atoms with Gasteiger partial charge in [0.15, 0.2) is 11.5 Å². The summed E-state index contributed by atoms with van der Waals surface area (Å²) in [6.45, 7) is 7.75. The summed E-state index contributed by atoms with van der Waals surface area (Å²) >= 11 is 0. The molecule has 186 valence electrons. The van der Waals surface area contributed by atoms with Crippen LogP contribution in [0.3, 0.4) is 0 Å². The van der Waals surface area contributed by atoms with Crippen LogP contribution >= 0.6 is 0 Å². The van der Waals surface area contributed by atoms with E-state index >= 15 is 0 Å². The SMILES string of the molecule is CC(C)(C)OC(=O)N1CCN(c2nccn3c(-c4ccc(O)cc4)c(-c4ccc(F)cc4)nc23)CC1. The smallest absolute Gasteiger partial charge is 0.410 e. The van der Waals surface area contributed by atoms with E-state index in [2.05, 4.69) is 9.88 Å². The molecule has 36 heavy (non-hydrogen) atoms. The van der Waals surface area contributed by atoms with E-state index in [1.165, 1.54) is 12.1 Å². The minimum absolute atomic E-state index is 0.168. The van der Waals surface area contributed by atoms with Gasteiger partial charge in [0, 0.05) is 49.7 Å². The number of nitrogens with zero attached hydrogens (tertiary/aromatic N) is 5. The highest BCUT2D eigenvalue weighted by Gasteiger charge is 2.28. The number of carbonyl (C=O) groups is 1. The number of imidazole rings is 1. The fraction of sp³-hybridized carbons (Fsp3) is 0.296. The summed E-state index contributed by atoms with van der Waals surface area (Å²) in [7, 11) is 0. The lowest BCUT2D eigenvalue weighted by molar-refractivity contribution is 0.0240. The second-order valence-corrected chi connectivity index (χ2v) is 9.76. The zero-order chi connectivity index (χ0) is 25.4. The third-order valence-corrected chi connectivity index (χ3v) is 6.01. The molecule has 0 spiro atoms. The van der Waals surface area contributed by atoms with Crippen LogP contribution < -0.4 is 4.90 Å². The molecular formula is C27H28FN5O3. The molecule has 4 aromatic rings. The number of amides is 1. The summed E-state index contributed by atoms with van der Waals surface area (Å²) in [6.07, 6.45) is 3.25. The van der Waals surface area contributed by atoms with Crippen LogP contribution in [0.25, 0.3) is 28.2 Å². The van der Waals surface area contributed by atoms with Gasteiger partial charge in [-0.25, -0.2) is 19.2 Å². The van der Waals surface area contributed by atoms with Gasteiger partial charge in [-0.05, 0) is 69.3 Å². The normalized spacial score (nSPS) is 14.3. The van der Waals surface area contributed by atoms with Crippen molar-refractivity contribution < 1.29 is 19.0 Å². The van der Waals surface area contributed by atoms with E-state index in [9.17, 15) is 14.3 Å². The summed E-state index contributed by atoms with van der Waals surface area (Å²) in [5.74, 6) is 0.551. The fourth-order valence-corrected chi connectivity index (χ4v) is 4.32. The Morgan fingerprint density at radius 2 is 1.61 bits per heavy atom. The Labute approximate surface area is 208 Å². The van der Waals surface area contributed by atoms with Crippen molar-refractivity contribution in [1.82, 2.24) is 19.3 Å². The number of halogens is 1. The van der Waals surface area contributed by atoms with Gasteiger partial charge < -0.3 is 19.6 Å². The van der Waals surface area contributed by atoms with Crippen molar-refractivity contribution in [1.29, 1.82) is 0 Å². The number of aromatic nitrogens is 3. The molecule has 0 bridgehead atoms. The van der Waals surface area contributed by atoms with Gasteiger partial charge in [-0.3, -0.25) is 4.40 Å². The number of fused-ring (bicyclic) bond motifs is 1. The van der Waals surface area contributed by atoms with Crippen molar-refractivity contribution >= 4 is 17.6 Å². The minimum atomic E-state index is -0.543. The van der Waals surface area contributed by atoms with Gasteiger partial charge in [0.25, 0.3) is 0 Å². The van der Waals surface area contributed by atoms with E-state index < -0.39 is 5.60 Å². The third kappa shape index (κ3) is 4.68. The van der Waals surface area contributed by atoms with Crippen molar-refractivity contribution in [2.75, 3.05) is 31.1 Å². The van der Waals surface area contributed by atoms with E-state index in [1.807, 2.05) is 43.5 Å². The predicted molar refractivity (Wildman–Crippen MR) is 136 cm³/mol. The van der Waals surface area contributed by atoms with E-state index in [4.69, 9.17) is 9.72 Å². The first kappa shape index (κ1) is 23.6. The molecular weight excluding hydrogens is 461 g/mol. The fourth-order valence-electron chi connectivity index (χ4n) is 4.32. The molecule has 8 nitrogen and oxygen atoms in total. The van der Waals surface area contributed by atoms with Crippen LogP contribution in [0, 0.1) is 5.82 Å². The number of ether oxygens (including phenoxy) is 1. The maximum Gasteiger partial charge on any atom is 0.410 e. The number of piperazine rings is 1. The Morgan fingerprint density at radius 3 is 2.25 bits per heavy atom. The van der Waals surface area contributed by atoms with Crippen LogP contribution in [-0.4, -0.2) is 62.2 Å². The van der Waals surface area contributed by atoms with E-state index in [1.54, 1.807) is 35.4 Å². The van der Waals surface area contributed by atoms with Gasteiger partial charge in [-0.15, -0.1) is 0 Å². The highest BCUT2D eigenvalue weighted by Crippen LogP contribution is 2.35. The summed E-state index contributed by atoms with van der Waals surface area (Å²) in [5.41, 5.74) is 3.23. The maximum atomic E-state index is 13.7. The molecule has 1 amide bonds. The van der Waals surface area contributed by atoms with Crippen molar-refractivity contribution in [3.05, 3.63) is 66.7 Å². The zero-order valence-corrected chi connectivity index (χ0v) is 20.5. The summed E-state index contributed by atoms with van der Waals surface area (Å²) < 4.78 is 21.1. The highest BCUT2D eigenvalue weighted by molar-refractivity contribution is 5.85. The van der Waals surface area contributed by atoms with Crippen molar-refractivity contribution in [2.24, 2.45) is 0 Å². The number of hydrogen-bond donors (Lipinski definition) is 1. The number of anilines is 1. The van der Waals surface area contributed by atoms with E-state index in [-0.39, 0.29) is 17.7 Å². The van der Waals surface area contributed by atoms with Crippen molar-refractivity contribution in [2.45, 2.75) is 26.4 Å². The number of carbonyl (C=O) groups excluding carboxylic acids is 1. The molecule has 1 aliphatic rings. The number of rotatable bonds is 3. The lowest BCUT2D eigenvalue weighted by Crippen LogP contribution is -2.50. The van der Waals surface area contributed by atoms with Crippen molar-refractivity contribution in [3.8, 4) is 28.3 Å². The summed E-state index contributed by atoms with van der Waals surface area (Å²) in [4.78, 5) is 25.9. The lowest BCUT2D eigenvalue weighted by Gasteiger charge is -2.36. The Morgan fingerprint density at radius 1 is 0.972 bits per heavy atom. The largest absolute Gasteiger partial charge is 0.508 e. The Kier molecular flexibility index (Phi) is 5.99. The molecule has 0 aliphatic carbocycles. The second-order valence-electron chi connectivity index (χ2n) is 9.76. The molecule has 0 unspecified atom stereocenters. The first-order valence-corrected chi connectivity index (χ1v) is 11.8. The molecule has 5 rings (SSSR count). The standard InChI is InChI=1S/C27H28FN5O3/c1-27(2,3)36-26(35)32-16-14-31(15-17-32)24-25-30-22(18-4-8-20(28)9-5-18)23(33(25)13-12-29-24)19-6-10-21(34)11-7-19/h4-13,34H,14-17H2,1-3H3. The first-order chi connectivity index (χ1) is 17.2. The molecule has 9 heteroatoms. The van der Waals surface area contributed by atoms with Crippen LogP contribution in [0.4, 0.5) is 15.0 Å². The van der Waals surface area contributed by atoms with Gasteiger partial charge >= 0.3 is 6.09 Å². The average molecular weight is 490 g/mol. The zero-order valence-electron chi connectivity index (χ0n) is 20.5. The van der Waals surface area contributed by atoms with Gasteiger partial charge in [0.1, 0.15) is 17.2 Å². The van der Waals surface area contributed by atoms with Crippen LogP contribution in [-0.2, 0) is 4.74 Å². The third-order valence-electron chi connectivity index (χ3n) is 6.01. The molecule has 1 N–H and O–H groups in total. The molecule has 1 fully saturated rings. The molecule has 2 aromatic heterocycles. The maximum absolute atomic E-state index is 13.7. The second kappa shape index (κ2) is 9.14. The Balaban J connectivity index is 1.53. The topological polar surface area (TPSA) is 83.2 Å². The summed E-state index contributed by atoms with van der Waals surface area (Å²) in [5, 5.41) is 9.80. The molecule has 1 saturated heterocycles. The monoisotopic (exact) mass is 489 g/mol. The van der Waals surface area contributed by atoms with Gasteiger partial charge in [-0.1, -0.05) is 0 Å². The number of hydrogen-bond acceptors (Lipinski definition) is 6. The number of phenols is 1. The van der Waals surface area contributed by atoms with Gasteiger partial charge in [0.05, 0.1) is 11.4 Å². The van der Waals surface area contributed by atoms with E-state index in [0.717, 1.165) is 16.8 Å². The number of phenolic OH excluding ortho intramolecular Hbond substituents is 1. The Hall–Kier alpha value is -4.14. The average Bonchev–Trinajstić information content (AvgIpc) is 3.24. The molecule has 3 heterocycles. The highest BCUT2D eigenvalue weighted by atomic mass is 19.1. The number of benzene rings is 2. The molecule has 1 aliphatic heterocycles. The van der Waals surface area contributed by atoms with E-state index in [0.29, 0.717) is 43.3 Å². The molecule has 0 atom stereocenters. The quantitative estimate of drug-likeness (QED) is 0.438. The van der Waals surface area contributed by atoms with Crippen LogP contribution in [0.1, 0.15) is 20.8 Å². The minimum Gasteiger partial charge on any atom is -0.508 e. The van der Waals surface area contributed by atoms with Crippen molar-refractivity contribution in [3.63, 3.8) is 0 Å². The van der Waals surface area contributed by atoms with Crippen LogP contribution in [0.2, 0.25) is 0 Å². The summed E-state index contributed by atoms with van der Waals surface area (Å²) in [6, 6.07) is 13.1. The number of aromatic hydroxyl groups is 1. The molecule has 2 aromatic carbocycles. The van der Waals surface area contributed by atoms with Gasteiger partial charge in [0.2, 0.25) is 0 Å². The Bertz CT molecular complexity index is 1390. The lowest BCUT2D eigenvalue weighted by atomic mass is 10.0. The first-order valence-electron chi connectivity index (χ1n) is 11.8. The predicted octanol–water partition coefficient (Wildman–Crippen LogP) is 4.97. The molecule has 0 saturated carbocycles. The van der Waals surface area contributed by atoms with Crippen LogP contribution in [0.5, 0.6) is 5.75 Å².